The summed E-state index contributed by atoms with van der Waals surface area (Å²) in [4.78, 5) is 2.67. The van der Waals surface area contributed by atoms with Crippen molar-refractivity contribution >= 4 is 0 Å². The standard InChI is InChI=1S/C15H28N2/c1-3-15(4-2)13-17(12-10-16-15)11-9-14-7-5-6-8-14/h7,16H,3-6,8-13H2,1-2H3. The molecule has 0 saturated carbocycles. The lowest BCUT2D eigenvalue weighted by Gasteiger charge is -2.43. The Labute approximate surface area is 106 Å². The predicted molar refractivity (Wildman–Crippen MR) is 74.3 cm³/mol. The monoisotopic (exact) mass is 236 g/mol. The summed E-state index contributed by atoms with van der Waals surface area (Å²) in [5, 5.41) is 3.73. The molecule has 0 radical (unpaired) electrons. The average Bonchev–Trinajstić information content (AvgIpc) is 2.90. The highest BCUT2D eigenvalue weighted by atomic mass is 15.2. The van der Waals surface area contributed by atoms with E-state index in [1.165, 1.54) is 64.7 Å². The molecule has 17 heavy (non-hydrogen) atoms. The molecule has 1 aliphatic carbocycles. The van der Waals surface area contributed by atoms with Crippen molar-refractivity contribution in [2.75, 3.05) is 26.2 Å². The van der Waals surface area contributed by atoms with E-state index in [-0.39, 0.29) is 0 Å². The molecule has 0 bridgehead atoms. The van der Waals surface area contributed by atoms with Crippen molar-refractivity contribution in [1.29, 1.82) is 0 Å². The Bertz CT molecular complexity index is 266. The van der Waals surface area contributed by atoms with Crippen LogP contribution in [0.15, 0.2) is 11.6 Å². The minimum atomic E-state index is 0.391. The Hall–Kier alpha value is -0.340. The van der Waals surface area contributed by atoms with Crippen LogP contribution in [0, 0.1) is 0 Å². The Kier molecular flexibility index (Phi) is 4.63. The fourth-order valence-electron chi connectivity index (χ4n) is 3.22. The van der Waals surface area contributed by atoms with E-state index in [4.69, 9.17) is 0 Å². The zero-order chi connectivity index (χ0) is 12.1. The largest absolute Gasteiger partial charge is 0.309 e. The molecule has 0 atom stereocenters. The van der Waals surface area contributed by atoms with Crippen LogP contribution >= 0.6 is 0 Å². The number of piperazine rings is 1. The SMILES string of the molecule is CCC1(CC)CN(CCC2=CCCC2)CCN1. The lowest BCUT2D eigenvalue weighted by Crippen LogP contribution is -2.59. The number of hydrogen-bond acceptors (Lipinski definition) is 2. The van der Waals surface area contributed by atoms with Crippen LogP contribution in [0.4, 0.5) is 0 Å². The molecule has 1 heterocycles. The highest BCUT2D eigenvalue weighted by molar-refractivity contribution is 5.08. The molecule has 0 amide bonds. The third-order valence-electron chi connectivity index (χ3n) is 4.69. The van der Waals surface area contributed by atoms with Gasteiger partial charge in [-0.05, 0) is 38.5 Å². The molecule has 1 aliphatic heterocycles. The van der Waals surface area contributed by atoms with Crippen molar-refractivity contribution in [2.45, 2.75) is 57.9 Å². The van der Waals surface area contributed by atoms with Crippen molar-refractivity contribution in [3.05, 3.63) is 11.6 Å². The van der Waals surface area contributed by atoms with Crippen molar-refractivity contribution in [3.8, 4) is 0 Å². The van der Waals surface area contributed by atoms with Gasteiger partial charge in [-0.1, -0.05) is 25.5 Å². The number of rotatable bonds is 5. The highest BCUT2D eigenvalue weighted by Crippen LogP contribution is 2.23. The first-order valence-electron chi connectivity index (χ1n) is 7.43. The number of hydrogen-bond donors (Lipinski definition) is 1. The summed E-state index contributed by atoms with van der Waals surface area (Å²) in [5.41, 5.74) is 2.10. The maximum Gasteiger partial charge on any atom is 0.0304 e. The molecule has 0 spiro atoms. The second-order valence-corrected chi connectivity index (χ2v) is 5.69. The molecule has 0 aromatic heterocycles. The minimum absolute atomic E-state index is 0.391. The van der Waals surface area contributed by atoms with Crippen molar-refractivity contribution < 1.29 is 0 Å². The first kappa shape index (κ1) is 13.1. The molecule has 2 nitrogen and oxygen atoms in total. The van der Waals surface area contributed by atoms with Gasteiger partial charge in [-0.25, -0.2) is 0 Å². The zero-order valence-corrected chi connectivity index (χ0v) is 11.6. The van der Waals surface area contributed by atoms with Gasteiger partial charge in [-0.2, -0.15) is 0 Å². The third kappa shape index (κ3) is 3.32. The summed E-state index contributed by atoms with van der Waals surface area (Å²) in [6.07, 6.45) is 10.4. The molecule has 1 N–H and O–H groups in total. The van der Waals surface area contributed by atoms with Gasteiger partial charge in [0.15, 0.2) is 0 Å². The Balaban J connectivity index is 1.80. The van der Waals surface area contributed by atoms with Crippen LogP contribution in [-0.4, -0.2) is 36.6 Å². The lowest BCUT2D eigenvalue weighted by molar-refractivity contribution is 0.125. The van der Waals surface area contributed by atoms with E-state index in [0.717, 1.165) is 0 Å². The van der Waals surface area contributed by atoms with Crippen LogP contribution in [0.3, 0.4) is 0 Å². The van der Waals surface area contributed by atoms with Gasteiger partial charge in [0, 0.05) is 31.7 Å². The molecule has 0 unspecified atom stereocenters. The molecule has 2 heteroatoms. The average molecular weight is 236 g/mol. The maximum absolute atomic E-state index is 3.73. The van der Waals surface area contributed by atoms with Crippen LogP contribution in [0.2, 0.25) is 0 Å². The molecule has 1 saturated heterocycles. The Morgan fingerprint density at radius 2 is 2.18 bits per heavy atom. The van der Waals surface area contributed by atoms with E-state index < -0.39 is 0 Å². The molecule has 0 aromatic carbocycles. The zero-order valence-electron chi connectivity index (χ0n) is 11.6. The van der Waals surface area contributed by atoms with Gasteiger partial charge in [-0.15, -0.1) is 0 Å². The van der Waals surface area contributed by atoms with Crippen molar-refractivity contribution in [3.63, 3.8) is 0 Å². The van der Waals surface area contributed by atoms with Crippen LogP contribution in [-0.2, 0) is 0 Å². The number of nitrogens with one attached hydrogen (secondary N) is 1. The molecular weight excluding hydrogens is 208 g/mol. The van der Waals surface area contributed by atoms with Gasteiger partial charge >= 0.3 is 0 Å². The second-order valence-electron chi connectivity index (χ2n) is 5.69. The summed E-state index contributed by atoms with van der Waals surface area (Å²) in [5.74, 6) is 0. The van der Waals surface area contributed by atoms with E-state index in [2.05, 4.69) is 30.1 Å². The molecular formula is C15H28N2. The van der Waals surface area contributed by atoms with E-state index in [1.54, 1.807) is 5.57 Å². The highest BCUT2D eigenvalue weighted by Gasteiger charge is 2.31. The Morgan fingerprint density at radius 3 is 2.82 bits per heavy atom. The summed E-state index contributed by atoms with van der Waals surface area (Å²) in [6.45, 7) is 9.55. The van der Waals surface area contributed by atoms with E-state index in [0.29, 0.717) is 5.54 Å². The van der Waals surface area contributed by atoms with Crippen molar-refractivity contribution in [1.82, 2.24) is 10.2 Å². The van der Waals surface area contributed by atoms with E-state index in [1.807, 2.05) is 0 Å². The first-order valence-corrected chi connectivity index (χ1v) is 7.43. The maximum atomic E-state index is 3.73. The summed E-state index contributed by atoms with van der Waals surface area (Å²) in [7, 11) is 0. The summed E-state index contributed by atoms with van der Waals surface area (Å²) < 4.78 is 0. The molecule has 0 aromatic rings. The Morgan fingerprint density at radius 1 is 1.35 bits per heavy atom. The van der Waals surface area contributed by atoms with Crippen LogP contribution in [0.5, 0.6) is 0 Å². The number of allylic oxidation sites excluding steroid dienone is 1. The fourth-order valence-corrected chi connectivity index (χ4v) is 3.22. The molecule has 2 aliphatic rings. The van der Waals surface area contributed by atoms with Gasteiger partial charge in [0.1, 0.15) is 0 Å². The van der Waals surface area contributed by atoms with Gasteiger partial charge in [0.2, 0.25) is 0 Å². The normalized spacial score (nSPS) is 24.9. The topological polar surface area (TPSA) is 15.3 Å². The quantitative estimate of drug-likeness (QED) is 0.738. The molecule has 98 valence electrons. The predicted octanol–water partition coefficient (Wildman–Crippen LogP) is 2.95. The first-order chi connectivity index (χ1) is 8.28. The van der Waals surface area contributed by atoms with Crippen LogP contribution < -0.4 is 5.32 Å². The second kappa shape index (κ2) is 6.01. The lowest BCUT2D eigenvalue weighted by atomic mass is 9.90. The van der Waals surface area contributed by atoms with E-state index in [9.17, 15) is 0 Å². The van der Waals surface area contributed by atoms with Gasteiger partial charge in [-0.3, -0.25) is 4.90 Å². The minimum Gasteiger partial charge on any atom is -0.309 e. The summed E-state index contributed by atoms with van der Waals surface area (Å²) >= 11 is 0. The summed E-state index contributed by atoms with van der Waals surface area (Å²) in [6, 6.07) is 0. The van der Waals surface area contributed by atoms with Crippen molar-refractivity contribution in [2.24, 2.45) is 0 Å². The van der Waals surface area contributed by atoms with Crippen LogP contribution in [0.25, 0.3) is 0 Å². The van der Waals surface area contributed by atoms with E-state index >= 15 is 0 Å². The molecule has 1 fully saturated rings. The number of nitrogens with zero attached hydrogens (tertiary/aromatic N) is 1. The smallest absolute Gasteiger partial charge is 0.0304 e. The fraction of sp³-hybridized carbons (Fsp3) is 0.867. The molecule has 2 rings (SSSR count). The van der Waals surface area contributed by atoms with Gasteiger partial charge in [0.05, 0.1) is 0 Å². The third-order valence-corrected chi connectivity index (χ3v) is 4.69. The van der Waals surface area contributed by atoms with Gasteiger partial charge in [0.25, 0.3) is 0 Å². The van der Waals surface area contributed by atoms with Gasteiger partial charge < -0.3 is 5.32 Å². The van der Waals surface area contributed by atoms with Crippen LogP contribution in [0.1, 0.15) is 52.4 Å².